The lowest BCUT2D eigenvalue weighted by molar-refractivity contribution is 0.210. The maximum Gasteiger partial charge on any atom is 0.171 e. The number of halogens is 1. The molecule has 0 aliphatic heterocycles. The molecule has 4 rings (SSSR count). The fourth-order valence-corrected chi connectivity index (χ4v) is 4.03. The first-order chi connectivity index (χ1) is 13.2. The molecule has 2 N–H and O–H groups in total. The summed E-state index contributed by atoms with van der Waals surface area (Å²) < 4.78 is 19.7. The molecule has 136 valence electrons. The number of ether oxygens (including phenoxy) is 1. The molecular formula is C19H15FN4O2S. The van der Waals surface area contributed by atoms with E-state index in [0.29, 0.717) is 16.3 Å². The number of aromatic nitrogens is 4. The van der Waals surface area contributed by atoms with E-state index in [1.165, 1.54) is 36.9 Å². The molecule has 0 saturated heterocycles. The topological polar surface area (TPSA) is 83.9 Å². The molecular weight excluding hydrogens is 367 g/mol. The second-order valence-corrected chi connectivity index (χ2v) is 6.78. The molecule has 0 saturated carbocycles. The molecule has 1 unspecified atom stereocenters. The molecule has 0 aliphatic rings. The molecule has 3 heterocycles. The van der Waals surface area contributed by atoms with Crippen molar-refractivity contribution in [3.63, 3.8) is 0 Å². The fraction of sp³-hybridized carbons (Fsp3) is 0.105. The number of rotatable bonds is 5. The Morgan fingerprint density at radius 1 is 1.22 bits per heavy atom. The third-order valence-corrected chi connectivity index (χ3v) is 5.36. The van der Waals surface area contributed by atoms with Gasteiger partial charge in [0.25, 0.3) is 0 Å². The number of aromatic amines is 1. The van der Waals surface area contributed by atoms with Crippen molar-refractivity contribution in [3.05, 3.63) is 72.1 Å². The van der Waals surface area contributed by atoms with Crippen molar-refractivity contribution in [1.29, 1.82) is 0 Å². The number of benzene rings is 1. The van der Waals surface area contributed by atoms with Crippen molar-refractivity contribution < 1.29 is 14.2 Å². The minimum atomic E-state index is -1.23. The second kappa shape index (κ2) is 7.26. The highest BCUT2D eigenvalue weighted by Gasteiger charge is 2.26. The van der Waals surface area contributed by atoms with Gasteiger partial charge in [-0.2, -0.15) is 0 Å². The Hall–Kier alpha value is -3.10. The normalized spacial score (nSPS) is 12.1. The molecule has 1 aromatic carbocycles. The minimum Gasteiger partial charge on any atom is -0.496 e. The number of hydrogen-bond acceptors (Lipinski definition) is 6. The molecule has 0 bridgehead atoms. The maximum absolute atomic E-state index is 14.5. The number of methoxy groups -OCH3 is 1. The summed E-state index contributed by atoms with van der Waals surface area (Å²) in [4.78, 5) is 8.55. The van der Waals surface area contributed by atoms with Gasteiger partial charge in [-0.3, -0.25) is 4.98 Å². The number of nitrogens with zero attached hydrogens (tertiary/aromatic N) is 3. The molecule has 3 aromatic heterocycles. The average Bonchev–Trinajstić information content (AvgIpc) is 3.37. The van der Waals surface area contributed by atoms with Crippen LogP contribution in [0, 0.1) is 5.82 Å². The van der Waals surface area contributed by atoms with Crippen molar-refractivity contribution in [2.75, 3.05) is 7.11 Å². The van der Waals surface area contributed by atoms with E-state index >= 15 is 0 Å². The molecule has 4 aromatic rings. The Balaban J connectivity index is 1.88. The molecule has 0 amide bonds. The number of thiophene rings is 1. The van der Waals surface area contributed by atoms with Crippen LogP contribution in [0.4, 0.5) is 4.39 Å². The summed E-state index contributed by atoms with van der Waals surface area (Å²) in [5.74, 6) is 0.245. The first kappa shape index (κ1) is 17.3. The molecule has 0 spiro atoms. The number of hydrogen-bond donors (Lipinski definition) is 2. The van der Waals surface area contributed by atoms with Gasteiger partial charge >= 0.3 is 0 Å². The second-order valence-electron chi connectivity index (χ2n) is 5.73. The van der Waals surface area contributed by atoms with Gasteiger partial charge in [0.1, 0.15) is 24.0 Å². The Bertz CT molecular complexity index is 1050. The van der Waals surface area contributed by atoms with Gasteiger partial charge in [-0.05, 0) is 35.9 Å². The van der Waals surface area contributed by atoms with Crippen molar-refractivity contribution >= 4 is 11.3 Å². The zero-order valence-electron chi connectivity index (χ0n) is 14.3. The van der Waals surface area contributed by atoms with Crippen LogP contribution in [-0.2, 0) is 0 Å². The molecule has 1 atom stereocenters. The fourth-order valence-electron chi connectivity index (χ4n) is 2.88. The third-order valence-electron chi connectivity index (χ3n) is 4.16. The van der Waals surface area contributed by atoms with Gasteiger partial charge in [0.15, 0.2) is 5.82 Å². The van der Waals surface area contributed by atoms with Crippen LogP contribution in [0.25, 0.3) is 21.1 Å². The largest absolute Gasteiger partial charge is 0.496 e. The predicted molar refractivity (Wildman–Crippen MR) is 99.9 cm³/mol. The van der Waals surface area contributed by atoms with Gasteiger partial charge in [0.05, 0.1) is 17.6 Å². The molecule has 0 radical (unpaired) electrons. The smallest absolute Gasteiger partial charge is 0.171 e. The minimum absolute atomic E-state index is 0.0832. The molecule has 6 nitrogen and oxygen atoms in total. The van der Waals surface area contributed by atoms with Crippen LogP contribution < -0.4 is 4.74 Å². The average molecular weight is 382 g/mol. The van der Waals surface area contributed by atoms with E-state index in [4.69, 9.17) is 4.74 Å². The van der Waals surface area contributed by atoms with Crippen molar-refractivity contribution in [3.8, 4) is 26.9 Å². The summed E-state index contributed by atoms with van der Waals surface area (Å²) in [5.41, 5.74) is 1.54. The lowest BCUT2D eigenvalue weighted by Gasteiger charge is -2.16. The lowest BCUT2D eigenvalue weighted by atomic mass is 9.99. The standard InChI is InChI=1S/C19H15FN4O2S/c1-26-14-4-2-3-13(20)16(14)17(25)12-9-15(11-5-7-21-8-6-11)27-18(12)19-22-10-23-24-19/h2-10,17,25H,1H3,(H,22,23,24). The van der Waals surface area contributed by atoms with Crippen LogP contribution in [-0.4, -0.2) is 32.4 Å². The highest BCUT2D eigenvalue weighted by Crippen LogP contribution is 2.43. The van der Waals surface area contributed by atoms with Gasteiger partial charge in [0.2, 0.25) is 0 Å². The van der Waals surface area contributed by atoms with Crippen LogP contribution in [0.2, 0.25) is 0 Å². The van der Waals surface area contributed by atoms with Gasteiger partial charge < -0.3 is 14.8 Å². The van der Waals surface area contributed by atoms with E-state index in [1.54, 1.807) is 18.5 Å². The summed E-state index contributed by atoms with van der Waals surface area (Å²) in [7, 11) is 1.44. The summed E-state index contributed by atoms with van der Waals surface area (Å²) in [6.45, 7) is 0. The highest BCUT2D eigenvalue weighted by molar-refractivity contribution is 7.19. The van der Waals surface area contributed by atoms with Crippen LogP contribution >= 0.6 is 11.3 Å². The van der Waals surface area contributed by atoms with Crippen molar-refractivity contribution in [2.24, 2.45) is 0 Å². The monoisotopic (exact) mass is 382 g/mol. The van der Waals surface area contributed by atoms with E-state index in [2.05, 4.69) is 20.2 Å². The predicted octanol–water partition coefficient (Wildman–Crippen LogP) is 3.82. The number of H-pyrrole nitrogens is 1. The van der Waals surface area contributed by atoms with E-state index in [9.17, 15) is 9.50 Å². The van der Waals surface area contributed by atoms with E-state index in [1.807, 2.05) is 18.2 Å². The Labute approximate surface area is 158 Å². The first-order valence-electron chi connectivity index (χ1n) is 8.10. The quantitative estimate of drug-likeness (QED) is 0.548. The summed E-state index contributed by atoms with van der Waals surface area (Å²) in [5, 5.41) is 18.9. The highest BCUT2D eigenvalue weighted by atomic mass is 32.1. The van der Waals surface area contributed by atoms with Gasteiger partial charge in [-0.25, -0.2) is 4.39 Å². The van der Waals surface area contributed by atoms with Gasteiger partial charge in [-0.15, -0.1) is 21.5 Å². The van der Waals surface area contributed by atoms with Crippen LogP contribution in [0.1, 0.15) is 17.2 Å². The van der Waals surface area contributed by atoms with Gasteiger partial charge in [-0.1, -0.05) is 6.07 Å². The summed E-state index contributed by atoms with van der Waals surface area (Å²) >= 11 is 1.43. The zero-order chi connectivity index (χ0) is 18.8. The summed E-state index contributed by atoms with van der Waals surface area (Å²) in [6.07, 6.45) is 3.62. The van der Waals surface area contributed by atoms with E-state index < -0.39 is 11.9 Å². The molecule has 8 heteroatoms. The van der Waals surface area contributed by atoms with E-state index in [0.717, 1.165) is 10.4 Å². The van der Waals surface area contributed by atoms with Crippen LogP contribution in [0.5, 0.6) is 5.75 Å². The van der Waals surface area contributed by atoms with Crippen LogP contribution in [0.3, 0.4) is 0 Å². The summed E-state index contributed by atoms with van der Waals surface area (Å²) in [6, 6.07) is 10.0. The Kier molecular flexibility index (Phi) is 4.66. The van der Waals surface area contributed by atoms with Crippen LogP contribution in [0.15, 0.2) is 55.1 Å². The Morgan fingerprint density at radius 2 is 2.04 bits per heavy atom. The lowest BCUT2D eigenvalue weighted by Crippen LogP contribution is -2.05. The van der Waals surface area contributed by atoms with Gasteiger partial charge in [0, 0.05) is 22.8 Å². The number of nitrogens with one attached hydrogen (secondary N) is 1. The van der Waals surface area contributed by atoms with Crippen molar-refractivity contribution in [1.82, 2.24) is 20.2 Å². The third kappa shape index (κ3) is 3.20. The number of pyridine rings is 1. The molecule has 0 aliphatic carbocycles. The maximum atomic E-state index is 14.5. The SMILES string of the molecule is COc1cccc(F)c1C(O)c1cc(-c2ccncc2)sc1-c1nnc[nH]1. The Morgan fingerprint density at radius 3 is 2.74 bits per heavy atom. The number of aliphatic hydroxyl groups excluding tert-OH is 1. The first-order valence-corrected chi connectivity index (χ1v) is 8.91. The number of aliphatic hydroxyl groups is 1. The zero-order valence-corrected chi connectivity index (χ0v) is 15.1. The molecule has 0 fully saturated rings. The molecule has 27 heavy (non-hydrogen) atoms. The van der Waals surface area contributed by atoms with Crippen molar-refractivity contribution in [2.45, 2.75) is 6.10 Å². The van der Waals surface area contributed by atoms with E-state index in [-0.39, 0.29) is 11.3 Å².